The summed E-state index contributed by atoms with van der Waals surface area (Å²) in [6.45, 7) is 2.63. The average molecular weight is 301 g/mol. The summed E-state index contributed by atoms with van der Waals surface area (Å²) in [4.78, 5) is 16.2. The second-order valence-electron chi connectivity index (χ2n) is 4.23. The topological polar surface area (TPSA) is 77.8 Å². The number of nitriles is 1. The summed E-state index contributed by atoms with van der Waals surface area (Å²) < 4.78 is 0. The molecule has 21 heavy (non-hydrogen) atoms. The zero-order chi connectivity index (χ0) is 15.2. The molecule has 1 aromatic heterocycles. The van der Waals surface area contributed by atoms with Crippen LogP contribution in [-0.2, 0) is 0 Å². The number of rotatable bonds is 4. The van der Waals surface area contributed by atoms with Crippen LogP contribution in [0.4, 0.5) is 11.5 Å². The van der Waals surface area contributed by atoms with E-state index < -0.39 is 0 Å². The highest BCUT2D eigenvalue weighted by Gasteiger charge is 2.10. The number of anilines is 2. The number of halogens is 1. The Balaban J connectivity index is 2.12. The maximum absolute atomic E-state index is 12.1. The Kier molecular flexibility index (Phi) is 4.75. The van der Waals surface area contributed by atoms with E-state index in [1.165, 1.54) is 6.20 Å². The third-order valence-corrected chi connectivity index (χ3v) is 3.01. The molecule has 0 unspecified atom stereocenters. The second-order valence-corrected chi connectivity index (χ2v) is 4.64. The maximum Gasteiger partial charge on any atom is 0.257 e. The van der Waals surface area contributed by atoms with Crippen molar-refractivity contribution in [2.75, 3.05) is 17.2 Å². The van der Waals surface area contributed by atoms with Crippen LogP contribution in [0.5, 0.6) is 0 Å². The SMILES string of the molecule is CCNc1ncc(C(=O)Nc2ccc(C#N)cc2)cc1Cl. The number of amides is 1. The summed E-state index contributed by atoms with van der Waals surface area (Å²) in [6.07, 6.45) is 1.46. The highest BCUT2D eigenvalue weighted by molar-refractivity contribution is 6.33. The van der Waals surface area contributed by atoms with Gasteiger partial charge in [-0.25, -0.2) is 4.98 Å². The molecule has 0 fully saturated rings. The molecule has 2 aromatic rings. The molecule has 0 saturated carbocycles. The van der Waals surface area contributed by atoms with E-state index in [-0.39, 0.29) is 5.91 Å². The summed E-state index contributed by atoms with van der Waals surface area (Å²) in [6, 6.07) is 10.2. The second kappa shape index (κ2) is 6.73. The number of nitrogens with one attached hydrogen (secondary N) is 2. The fourth-order valence-electron chi connectivity index (χ4n) is 1.69. The first-order valence-electron chi connectivity index (χ1n) is 6.35. The Morgan fingerprint density at radius 1 is 1.38 bits per heavy atom. The van der Waals surface area contributed by atoms with Gasteiger partial charge >= 0.3 is 0 Å². The lowest BCUT2D eigenvalue weighted by Crippen LogP contribution is -2.13. The van der Waals surface area contributed by atoms with Crippen LogP contribution in [0.1, 0.15) is 22.8 Å². The van der Waals surface area contributed by atoms with E-state index in [0.717, 1.165) is 0 Å². The summed E-state index contributed by atoms with van der Waals surface area (Å²) in [5.41, 5.74) is 1.50. The minimum Gasteiger partial charge on any atom is -0.369 e. The number of aromatic nitrogens is 1. The van der Waals surface area contributed by atoms with Gasteiger partial charge in [0.15, 0.2) is 0 Å². The van der Waals surface area contributed by atoms with Crippen molar-refractivity contribution < 1.29 is 4.79 Å². The van der Waals surface area contributed by atoms with Crippen molar-refractivity contribution >= 4 is 29.0 Å². The fraction of sp³-hybridized carbons (Fsp3) is 0.133. The molecule has 0 aliphatic rings. The lowest BCUT2D eigenvalue weighted by Gasteiger charge is -2.08. The number of carbonyl (C=O) groups excluding carboxylic acids is 1. The van der Waals surface area contributed by atoms with Gasteiger partial charge < -0.3 is 10.6 Å². The molecule has 0 aliphatic carbocycles. The first-order chi connectivity index (χ1) is 10.1. The smallest absolute Gasteiger partial charge is 0.257 e. The van der Waals surface area contributed by atoms with Crippen molar-refractivity contribution in [1.82, 2.24) is 4.98 Å². The highest BCUT2D eigenvalue weighted by Crippen LogP contribution is 2.20. The summed E-state index contributed by atoms with van der Waals surface area (Å²) in [5, 5.41) is 14.8. The Hall–Kier alpha value is -2.58. The minimum atomic E-state index is -0.308. The predicted molar refractivity (Wildman–Crippen MR) is 82.5 cm³/mol. The molecule has 1 heterocycles. The molecule has 0 bridgehead atoms. The zero-order valence-electron chi connectivity index (χ0n) is 11.4. The molecule has 0 aliphatic heterocycles. The molecule has 0 atom stereocenters. The molecule has 0 radical (unpaired) electrons. The van der Waals surface area contributed by atoms with Gasteiger partial charge in [-0.2, -0.15) is 5.26 Å². The largest absolute Gasteiger partial charge is 0.369 e. The van der Waals surface area contributed by atoms with Crippen molar-refractivity contribution in [3.05, 3.63) is 52.7 Å². The number of hydrogen-bond donors (Lipinski definition) is 2. The summed E-state index contributed by atoms with van der Waals surface area (Å²) >= 11 is 6.05. The third-order valence-electron chi connectivity index (χ3n) is 2.72. The van der Waals surface area contributed by atoms with Gasteiger partial charge in [0, 0.05) is 18.4 Å². The molecule has 6 heteroatoms. The van der Waals surface area contributed by atoms with Gasteiger partial charge in [0.2, 0.25) is 0 Å². The molecule has 2 rings (SSSR count). The van der Waals surface area contributed by atoms with Crippen LogP contribution >= 0.6 is 11.6 Å². The van der Waals surface area contributed by atoms with Crippen LogP contribution in [0, 0.1) is 11.3 Å². The molecule has 106 valence electrons. The number of hydrogen-bond acceptors (Lipinski definition) is 4. The van der Waals surface area contributed by atoms with Crippen molar-refractivity contribution in [3.63, 3.8) is 0 Å². The predicted octanol–water partition coefficient (Wildman–Crippen LogP) is 3.29. The first-order valence-corrected chi connectivity index (χ1v) is 6.72. The van der Waals surface area contributed by atoms with Crippen LogP contribution in [-0.4, -0.2) is 17.4 Å². The van der Waals surface area contributed by atoms with Gasteiger partial charge in [-0.1, -0.05) is 11.6 Å². The van der Waals surface area contributed by atoms with E-state index in [4.69, 9.17) is 16.9 Å². The third kappa shape index (κ3) is 3.71. The van der Waals surface area contributed by atoms with Crippen molar-refractivity contribution in [2.45, 2.75) is 6.92 Å². The van der Waals surface area contributed by atoms with Crippen molar-refractivity contribution in [1.29, 1.82) is 5.26 Å². The minimum absolute atomic E-state index is 0.308. The average Bonchev–Trinajstić information content (AvgIpc) is 2.50. The van der Waals surface area contributed by atoms with E-state index in [1.54, 1.807) is 30.3 Å². The Labute approximate surface area is 127 Å². The van der Waals surface area contributed by atoms with Crippen LogP contribution < -0.4 is 10.6 Å². The van der Waals surface area contributed by atoms with Crippen LogP contribution in [0.25, 0.3) is 0 Å². The van der Waals surface area contributed by atoms with Gasteiger partial charge in [-0.15, -0.1) is 0 Å². The number of carbonyl (C=O) groups is 1. The standard InChI is InChI=1S/C15H13ClN4O/c1-2-18-14-13(16)7-11(9-19-14)15(21)20-12-5-3-10(8-17)4-6-12/h3-7,9H,2H2,1H3,(H,18,19)(H,20,21). The monoisotopic (exact) mass is 300 g/mol. The van der Waals surface area contributed by atoms with E-state index >= 15 is 0 Å². The van der Waals surface area contributed by atoms with Gasteiger partial charge in [0.1, 0.15) is 5.82 Å². The highest BCUT2D eigenvalue weighted by atomic mass is 35.5. The van der Waals surface area contributed by atoms with Crippen LogP contribution in [0.2, 0.25) is 5.02 Å². The molecular weight excluding hydrogens is 288 g/mol. The first kappa shape index (κ1) is 14.8. The molecule has 1 aromatic carbocycles. The normalized spacial score (nSPS) is 9.76. The van der Waals surface area contributed by atoms with Gasteiger partial charge in [0.05, 0.1) is 22.2 Å². The van der Waals surface area contributed by atoms with Gasteiger partial charge in [-0.05, 0) is 37.3 Å². The lowest BCUT2D eigenvalue weighted by atomic mass is 10.2. The molecule has 2 N–H and O–H groups in total. The lowest BCUT2D eigenvalue weighted by molar-refractivity contribution is 0.102. The summed E-state index contributed by atoms with van der Waals surface area (Å²) in [7, 11) is 0. The molecule has 1 amide bonds. The quantitative estimate of drug-likeness (QED) is 0.908. The Bertz CT molecular complexity index is 692. The van der Waals surface area contributed by atoms with Crippen molar-refractivity contribution in [2.24, 2.45) is 0 Å². The van der Waals surface area contributed by atoms with E-state index in [0.29, 0.717) is 34.2 Å². The summed E-state index contributed by atoms with van der Waals surface area (Å²) in [5.74, 6) is 0.242. The molecule has 5 nitrogen and oxygen atoms in total. The number of benzene rings is 1. The van der Waals surface area contributed by atoms with Crippen LogP contribution in [0.3, 0.4) is 0 Å². The number of nitrogens with zero attached hydrogens (tertiary/aromatic N) is 2. The van der Waals surface area contributed by atoms with Crippen molar-refractivity contribution in [3.8, 4) is 6.07 Å². The molecular formula is C15H13ClN4O. The fourth-order valence-corrected chi connectivity index (χ4v) is 1.92. The number of pyridine rings is 1. The molecule has 0 spiro atoms. The van der Waals surface area contributed by atoms with E-state index in [9.17, 15) is 4.79 Å². The molecule has 0 saturated heterocycles. The van der Waals surface area contributed by atoms with Gasteiger partial charge in [-0.3, -0.25) is 4.79 Å². The van der Waals surface area contributed by atoms with E-state index in [1.807, 2.05) is 13.0 Å². The zero-order valence-corrected chi connectivity index (χ0v) is 12.1. The van der Waals surface area contributed by atoms with Gasteiger partial charge in [0.25, 0.3) is 5.91 Å². The Morgan fingerprint density at radius 2 is 2.10 bits per heavy atom. The van der Waals surface area contributed by atoms with E-state index in [2.05, 4.69) is 15.6 Å². The Morgan fingerprint density at radius 3 is 2.67 bits per heavy atom. The van der Waals surface area contributed by atoms with Crippen LogP contribution in [0.15, 0.2) is 36.5 Å². The maximum atomic E-state index is 12.1.